The maximum Gasteiger partial charge on any atom is 0.257 e. The molecule has 0 bridgehead atoms. The van der Waals surface area contributed by atoms with E-state index in [4.69, 9.17) is 27.9 Å². The highest BCUT2D eigenvalue weighted by atomic mass is 35.5. The number of hydrogen-bond acceptors (Lipinski definition) is 3. The Morgan fingerprint density at radius 2 is 1.89 bits per heavy atom. The highest BCUT2D eigenvalue weighted by Crippen LogP contribution is 2.28. The van der Waals surface area contributed by atoms with Gasteiger partial charge in [0, 0.05) is 13.1 Å². The lowest BCUT2D eigenvalue weighted by Crippen LogP contribution is -2.41. The summed E-state index contributed by atoms with van der Waals surface area (Å²) in [5, 5.41) is 0.710. The van der Waals surface area contributed by atoms with Crippen LogP contribution < -0.4 is 0 Å². The Kier molecular flexibility index (Phi) is 4.10. The Labute approximate surface area is 116 Å². The molecule has 1 aromatic heterocycles. The molecule has 1 fully saturated rings. The van der Waals surface area contributed by atoms with Crippen molar-refractivity contribution in [1.82, 2.24) is 9.88 Å². The molecule has 1 aromatic rings. The molecule has 0 spiro atoms. The van der Waals surface area contributed by atoms with Gasteiger partial charge >= 0.3 is 0 Å². The van der Waals surface area contributed by atoms with Gasteiger partial charge in [0.05, 0.1) is 29.5 Å². The first kappa shape index (κ1) is 13.6. The standard InChI is InChI=1S/C12H14Cl2N2O2/c1-7-9(11(14)15-8(2)10(7)13)12(17)16-3-5-18-6-4-16/h3-6H2,1-2H3. The Hall–Kier alpha value is -0.840. The fourth-order valence-electron chi connectivity index (χ4n) is 1.96. The van der Waals surface area contributed by atoms with Gasteiger partial charge in [-0.15, -0.1) is 0 Å². The van der Waals surface area contributed by atoms with E-state index in [9.17, 15) is 4.79 Å². The molecule has 0 aromatic carbocycles. The van der Waals surface area contributed by atoms with E-state index in [0.717, 1.165) is 0 Å². The Bertz CT molecular complexity index is 485. The molecule has 6 heteroatoms. The van der Waals surface area contributed by atoms with Gasteiger partial charge in [-0.1, -0.05) is 23.2 Å². The largest absolute Gasteiger partial charge is 0.378 e. The van der Waals surface area contributed by atoms with Crippen LogP contribution in [0, 0.1) is 13.8 Å². The molecule has 0 unspecified atom stereocenters. The number of rotatable bonds is 1. The topological polar surface area (TPSA) is 42.4 Å². The molecule has 0 saturated carbocycles. The minimum Gasteiger partial charge on any atom is -0.378 e. The number of carbonyl (C=O) groups excluding carboxylic acids is 1. The van der Waals surface area contributed by atoms with Gasteiger partial charge in [0.1, 0.15) is 5.15 Å². The SMILES string of the molecule is Cc1nc(Cl)c(C(=O)N2CCOCC2)c(C)c1Cl. The summed E-state index contributed by atoms with van der Waals surface area (Å²) in [5.41, 5.74) is 1.72. The number of aromatic nitrogens is 1. The second-order valence-corrected chi connectivity index (χ2v) is 4.94. The molecular formula is C12H14Cl2N2O2. The molecule has 1 amide bonds. The van der Waals surface area contributed by atoms with Crippen molar-refractivity contribution in [2.45, 2.75) is 13.8 Å². The molecule has 98 valence electrons. The van der Waals surface area contributed by atoms with Gasteiger partial charge in [-0.2, -0.15) is 0 Å². The summed E-state index contributed by atoms with van der Waals surface area (Å²) < 4.78 is 5.22. The van der Waals surface area contributed by atoms with E-state index in [1.165, 1.54) is 0 Å². The molecule has 0 aliphatic carbocycles. The van der Waals surface area contributed by atoms with Gasteiger partial charge in [-0.25, -0.2) is 4.98 Å². The zero-order chi connectivity index (χ0) is 13.3. The average Bonchev–Trinajstić information content (AvgIpc) is 2.37. The summed E-state index contributed by atoms with van der Waals surface area (Å²) in [6.45, 7) is 5.80. The minimum absolute atomic E-state index is 0.129. The van der Waals surface area contributed by atoms with E-state index >= 15 is 0 Å². The van der Waals surface area contributed by atoms with Crippen LogP contribution in [-0.2, 0) is 4.74 Å². The lowest BCUT2D eigenvalue weighted by atomic mass is 10.1. The smallest absolute Gasteiger partial charge is 0.257 e. The van der Waals surface area contributed by atoms with E-state index in [1.807, 2.05) is 0 Å². The zero-order valence-corrected chi connectivity index (χ0v) is 11.8. The van der Waals surface area contributed by atoms with Crippen molar-refractivity contribution in [1.29, 1.82) is 0 Å². The summed E-state index contributed by atoms with van der Waals surface area (Å²) in [5.74, 6) is -0.129. The lowest BCUT2D eigenvalue weighted by molar-refractivity contribution is 0.0302. The van der Waals surface area contributed by atoms with E-state index < -0.39 is 0 Å². The van der Waals surface area contributed by atoms with Crippen LogP contribution in [0.1, 0.15) is 21.6 Å². The molecule has 0 N–H and O–H groups in total. The van der Waals surface area contributed by atoms with Crippen molar-refractivity contribution in [2.24, 2.45) is 0 Å². The zero-order valence-electron chi connectivity index (χ0n) is 10.3. The van der Waals surface area contributed by atoms with Crippen LogP contribution in [-0.4, -0.2) is 42.1 Å². The molecule has 2 rings (SSSR count). The molecule has 0 radical (unpaired) electrons. The number of amides is 1. The van der Waals surface area contributed by atoms with Crippen LogP contribution in [0.2, 0.25) is 10.2 Å². The minimum atomic E-state index is -0.129. The van der Waals surface area contributed by atoms with Crippen molar-refractivity contribution in [2.75, 3.05) is 26.3 Å². The van der Waals surface area contributed by atoms with Crippen molar-refractivity contribution >= 4 is 29.1 Å². The molecule has 1 aliphatic rings. The average molecular weight is 289 g/mol. The normalized spacial score (nSPS) is 15.9. The first-order valence-electron chi connectivity index (χ1n) is 5.71. The number of aryl methyl sites for hydroxylation is 1. The van der Waals surface area contributed by atoms with Gasteiger partial charge < -0.3 is 9.64 Å². The number of ether oxygens (including phenoxy) is 1. The predicted molar refractivity (Wildman–Crippen MR) is 70.5 cm³/mol. The van der Waals surface area contributed by atoms with E-state index in [0.29, 0.717) is 48.1 Å². The van der Waals surface area contributed by atoms with Crippen molar-refractivity contribution in [3.05, 3.63) is 27.0 Å². The number of pyridine rings is 1. The van der Waals surface area contributed by atoms with Crippen LogP contribution in [0.4, 0.5) is 0 Å². The van der Waals surface area contributed by atoms with Crippen molar-refractivity contribution in [3.8, 4) is 0 Å². The summed E-state index contributed by atoms with van der Waals surface area (Å²) in [7, 11) is 0. The highest BCUT2D eigenvalue weighted by molar-refractivity contribution is 6.35. The molecule has 2 heterocycles. The van der Waals surface area contributed by atoms with E-state index in [1.54, 1.807) is 18.7 Å². The number of carbonyl (C=O) groups is 1. The molecular weight excluding hydrogens is 275 g/mol. The van der Waals surface area contributed by atoms with Crippen molar-refractivity contribution < 1.29 is 9.53 Å². The highest BCUT2D eigenvalue weighted by Gasteiger charge is 2.25. The van der Waals surface area contributed by atoms with Gasteiger partial charge in [0.2, 0.25) is 0 Å². The third-order valence-electron chi connectivity index (χ3n) is 3.01. The predicted octanol–water partition coefficient (Wildman–Crippen LogP) is 2.48. The van der Waals surface area contributed by atoms with Crippen LogP contribution in [0.3, 0.4) is 0 Å². The van der Waals surface area contributed by atoms with Gasteiger partial charge in [0.15, 0.2) is 0 Å². The Balaban J connectivity index is 2.38. The fraction of sp³-hybridized carbons (Fsp3) is 0.500. The third-order valence-corrected chi connectivity index (χ3v) is 3.84. The second kappa shape index (κ2) is 5.43. The van der Waals surface area contributed by atoms with Gasteiger partial charge in [0.25, 0.3) is 5.91 Å². The first-order valence-corrected chi connectivity index (χ1v) is 6.47. The summed E-state index contributed by atoms with van der Waals surface area (Å²) in [6.07, 6.45) is 0. The van der Waals surface area contributed by atoms with E-state index in [2.05, 4.69) is 4.98 Å². The maximum atomic E-state index is 12.4. The lowest BCUT2D eigenvalue weighted by Gasteiger charge is -2.27. The van der Waals surface area contributed by atoms with Gasteiger partial charge in [-0.3, -0.25) is 4.79 Å². The number of halogens is 2. The Morgan fingerprint density at radius 3 is 2.50 bits per heavy atom. The first-order chi connectivity index (χ1) is 8.52. The molecule has 18 heavy (non-hydrogen) atoms. The molecule has 1 saturated heterocycles. The number of nitrogens with zero attached hydrogens (tertiary/aromatic N) is 2. The summed E-state index contributed by atoms with van der Waals surface area (Å²) >= 11 is 12.2. The van der Waals surface area contributed by atoms with Crippen LogP contribution in [0.15, 0.2) is 0 Å². The summed E-state index contributed by atoms with van der Waals surface area (Å²) in [4.78, 5) is 18.2. The maximum absolute atomic E-state index is 12.4. The van der Waals surface area contributed by atoms with Crippen LogP contribution in [0.5, 0.6) is 0 Å². The van der Waals surface area contributed by atoms with Crippen LogP contribution >= 0.6 is 23.2 Å². The summed E-state index contributed by atoms with van der Waals surface area (Å²) in [6, 6.07) is 0. The second-order valence-electron chi connectivity index (χ2n) is 4.21. The molecule has 0 atom stereocenters. The fourth-order valence-corrected chi connectivity index (χ4v) is 2.45. The van der Waals surface area contributed by atoms with Gasteiger partial charge in [-0.05, 0) is 19.4 Å². The van der Waals surface area contributed by atoms with E-state index in [-0.39, 0.29) is 11.1 Å². The molecule has 1 aliphatic heterocycles. The van der Waals surface area contributed by atoms with Crippen molar-refractivity contribution in [3.63, 3.8) is 0 Å². The quantitative estimate of drug-likeness (QED) is 0.746. The monoisotopic (exact) mass is 288 g/mol. The van der Waals surface area contributed by atoms with Crippen LogP contribution in [0.25, 0.3) is 0 Å². The third kappa shape index (κ3) is 2.46. The Morgan fingerprint density at radius 1 is 1.28 bits per heavy atom. The number of morpholine rings is 1. The molecule has 4 nitrogen and oxygen atoms in total. The number of hydrogen-bond donors (Lipinski definition) is 0.